The van der Waals surface area contributed by atoms with E-state index in [4.69, 9.17) is 9.84 Å². The SMILES string of the molecule is CC(O)CNC(=O)CCc1cccc(OC2CCCC2)c1. The van der Waals surface area contributed by atoms with Gasteiger partial charge in [0.25, 0.3) is 0 Å². The summed E-state index contributed by atoms with van der Waals surface area (Å²) in [7, 11) is 0. The summed E-state index contributed by atoms with van der Waals surface area (Å²) in [5, 5.41) is 11.8. The molecular formula is C17H25NO3. The Bertz CT molecular complexity index is 453. The molecule has 0 aliphatic heterocycles. The molecule has 0 spiro atoms. The minimum absolute atomic E-state index is 0.0296. The molecule has 0 radical (unpaired) electrons. The molecule has 1 aromatic rings. The molecule has 1 aliphatic rings. The van der Waals surface area contributed by atoms with Gasteiger partial charge in [0.15, 0.2) is 0 Å². The van der Waals surface area contributed by atoms with Crippen LogP contribution in [0.25, 0.3) is 0 Å². The number of aliphatic hydroxyl groups is 1. The number of aryl methyl sites for hydroxylation is 1. The highest BCUT2D eigenvalue weighted by Gasteiger charge is 2.16. The van der Waals surface area contributed by atoms with E-state index < -0.39 is 6.10 Å². The quantitative estimate of drug-likeness (QED) is 0.811. The predicted octanol–water partition coefficient (Wildman–Crippen LogP) is 2.44. The smallest absolute Gasteiger partial charge is 0.220 e. The lowest BCUT2D eigenvalue weighted by Gasteiger charge is -2.14. The minimum atomic E-state index is -0.503. The van der Waals surface area contributed by atoms with Gasteiger partial charge in [0.05, 0.1) is 12.2 Å². The third kappa shape index (κ3) is 5.76. The van der Waals surface area contributed by atoms with Crippen LogP contribution in [-0.4, -0.2) is 29.8 Å². The first-order valence-electron chi connectivity index (χ1n) is 7.84. The van der Waals surface area contributed by atoms with Gasteiger partial charge in [-0.15, -0.1) is 0 Å². The maximum absolute atomic E-state index is 11.6. The van der Waals surface area contributed by atoms with Crippen LogP contribution in [0.1, 0.15) is 44.6 Å². The van der Waals surface area contributed by atoms with E-state index in [1.807, 2.05) is 24.3 Å². The van der Waals surface area contributed by atoms with Crippen molar-refractivity contribution in [1.82, 2.24) is 5.32 Å². The first-order chi connectivity index (χ1) is 10.1. The Labute approximate surface area is 126 Å². The number of carbonyl (C=O) groups is 1. The van der Waals surface area contributed by atoms with Gasteiger partial charge >= 0.3 is 0 Å². The van der Waals surface area contributed by atoms with Crippen molar-refractivity contribution in [2.24, 2.45) is 0 Å². The zero-order valence-corrected chi connectivity index (χ0v) is 12.7. The fourth-order valence-electron chi connectivity index (χ4n) is 2.58. The number of ether oxygens (including phenoxy) is 1. The molecule has 0 bridgehead atoms. The summed E-state index contributed by atoms with van der Waals surface area (Å²) in [5.41, 5.74) is 1.11. The lowest BCUT2D eigenvalue weighted by atomic mass is 10.1. The molecule has 1 unspecified atom stereocenters. The number of carbonyl (C=O) groups excluding carboxylic acids is 1. The summed E-state index contributed by atoms with van der Waals surface area (Å²) in [5.74, 6) is 0.877. The average Bonchev–Trinajstić information content (AvgIpc) is 2.96. The zero-order valence-electron chi connectivity index (χ0n) is 12.7. The molecule has 2 N–H and O–H groups in total. The molecule has 0 aromatic heterocycles. The lowest BCUT2D eigenvalue weighted by molar-refractivity contribution is -0.121. The van der Waals surface area contributed by atoms with Gasteiger partial charge in [0, 0.05) is 13.0 Å². The van der Waals surface area contributed by atoms with Crippen LogP contribution in [0.2, 0.25) is 0 Å². The van der Waals surface area contributed by atoms with Gasteiger partial charge in [0.2, 0.25) is 5.91 Å². The number of aliphatic hydroxyl groups excluding tert-OH is 1. The first-order valence-corrected chi connectivity index (χ1v) is 7.84. The molecule has 1 atom stereocenters. The van der Waals surface area contributed by atoms with Gasteiger partial charge in [-0.2, -0.15) is 0 Å². The monoisotopic (exact) mass is 291 g/mol. The first kappa shape index (κ1) is 15.8. The largest absolute Gasteiger partial charge is 0.490 e. The van der Waals surface area contributed by atoms with Crippen molar-refractivity contribution in [2.75, 3.05) is 6.54 Å². The summed E-state index contributed by atoms with van der Waals surface area (Å²) < 4.78 is 5.97. The minimum Gasteiger partial charge on any atom is -0.490 e. The highest BCUT2D eigenvalue weighted by Crippen LogP contribution is 2.24. The second-order valence-corrected chi connectivity index (χ2v) is 5.82. The molecule has 2 rings (SSSR count). The van der Waals surface area contributed by atoms with E-state index in [1.54, 1.807) is 6.92 Å². The van der Waals surface area contributed by atoms with Crippen molar-refractivity contribution in [3.05, 3.63) is 29.8 Å². The van der Waals surface area contributed by atoms with Crippen molar-refractivity contribution in [1.29, 1.82) is 0 Å². The van der Waals surface area contributed by atoms with Crippen LogP contribution in [-0.2, 0) is 11.2 Å². The molecular weight excluding hydrogens is 266 g/mol. The Hall–Kier alpha value is -1.55. The number of rotatable bonds is 7. The highest BCUT2D eigenvalue weighted by atomic mass is 16.5. The van der Waals surface area contributed by atoms with E-state index in [1.165, 1.54) is 12.8 Å². The topological polar surface area (TPSA) is 58.6 Å². The number of amides is 1. The van der Waals surface area contributed by atoms with Gasteiger partial charge in [-0.25, -0.2) is 0 Å². The van der Waals surface area contributed by atoms with Gasteiger partial charge in [-0.1, -0.05) is 12.1 Å². The predicted molar refractivity (Wildman–Crippen MR) is 82.3 cm³/mol. The van der Waals surface area contributed by atoms with Crippen molar-refractivity contribution in [3.63, 3.8) is 0 Å². The molecule has 4 nitrogen and oxygen atoms in total. The normalized spacial score (nSPS) is 16.7. The maximum atomic E-state index is 11.6. The van der Waals surface area contributed by atoms with Crippen molar-refractivity contribution >= 4 is 5.91 Å². The van der Waals surface area contributed by atoms with Crippen LogP contribution in [0.15, 0.2) is 24.3 Å². The van der Waals surface area contributed by atoms with Crippen LogP contribution in [0, 0.1) is 0 Å². The molecule has 4 heteroatoms. The Morgan fingerprint density at radius 1 is 1.43 bits per heavy atom. The van der Waals surface area contributed by atoms with Gasteiger partial charge in [-0.3, -0.25) is 4.79 Å². The van der Waals surface area contributed by atoms with Crippen LogP contribution in [0.3, 0.4) is 0 Å². The van der Waals surface area contributed by atoms with E-state index in [-0.39, 0.29) is 5.91 Å². The van der Waals surface area contributed by atoms with Crippen molar-refractivity contribution in [3.8, 4) is 5.75 Å². The second-order valence-electron chi connectivity index (χ2n) is 5.82. The molecule has 21 heavy (non-hydrogen) atoms. The van der Waals surface area contributed by atoms with Crippen LogP contribution >= 0.6 is 0 Å². The molecule has 0 heterocycles. The van der Waals surface area contributed by atoms with Gasteiger partial charge in [-0.05, 0) is 56.7 Å². The average molecular weight is 291 g/mol. The number of hydrogen-bond acceptors (Lipinski definition) is 3. The fraction of sp³-hybridized carbons (Fsp3) is 0.588. The Kier molecular flexibility index (Phi) is 6.05. The maximum Gasteiger partial charge on any atom is 0.220 e. The molecule has 0 saturated heterocycles. The molecule has 1 aromatic carbocycles. The number of nitrogens with one attached hydrogen (secondary N) is 1. The lowest BCUT2D eigenvalue weighted by Crippen LogP contribution is -2.30. The molecule has 1 amide bonds. The second kappa shape index (κ2) is 8.03. The summed E-state index contributed by atoms with van der Waals surface area (Å²) in [6.45, 7) is 1.97. The van der Waals surface area contributed by atoms with E-state index in [2.05, 4.69) is 5.32 Å². The summed E-state index contributed by atoms with van der Waals surface area (Å²) in [4.78, 5) is 11.6. The van der Waals surface area contributed by atoms with E-state index in [0.717, 1.165) is 24.2 Å². The summed E-state index contributed by atoms with van der Waals surface area (Å²) in [6, 6.07) is 8.01. The third-order valence-corrected chi connectivity index (χ3v) is 3.74. The van der Waals surface area contributed by atoms with Crippen molar-refractivity contribution < 1.29 is 14.6 Å². The molecule has 1 fully saturated rings. The third-order valence-electron chi connectivity index (χ3n) is 3.74. The molecule has 1 aliphatic carbocycles. The van der Waals surface area contributed by atoms with E-state index in [9.17, 15) is 4.79 Å². The Morgan fingerprint density at radius 3 is 2.90 bits per heavy atom. The van der Waals surface area contributed by atoms with Crippen LogP contribution in [0.5, 0.6) is 5.75 Å². The Balaban J connectivity index is 1.79. The molecule has 1 saturated carbocycles. The molecule has 116 valence electrons. The van der Waals surface area contributed by atoms with E-state index >= 15 is 0 Å². The zero-order chi connectivity index (χ0) is 15.1. The summed E-state index contributed by atoms with van der Waals surface area (Å²) >= 11 is 0. The summed E-state index contributed by atoms with van der Waals surface area (Å²) in [6.07, 6.45) is 5.78. The van der Waals surface area contributed by atoms with Gasteiger partial charge < -0.3 is 15.2 Å². The van der Waals surface area contributed by atoms with Gasteiger partial charge in [0.1, 0.15) is 5.75 Å². The van der Waals surface area contributed by atoms with Crippen LogP contribution in [0.4, 0.5) is 0 Å². The standard InChI is InChI=1S/C17H25NO3/c1-13(19)12-18-17(20)10-9-14-5-4-8-16(11-14)21-15-6-2-3-7-15/h4-5,8,11,13,15,19H,2-3,6-7,9-10,12H2,1H3,(H,18,20). The van der Waals surface area contributed by atoms with E-state index in [0.29, 0.717) is 25.5 Å². The Morgan fingerprint density at radius 2 is 2.19 bits per heavy atom. The highest BCUT2D eigenvalue weighted by molar-refractivity contribution is 5.76. The van der Waals surface area contributed by atoms with Crippen LogP contribution < -0.4 is 10.1 Å². The number of benzene rings is 1. The van der Waals surface area contributed by atoms with Crippen molar-refractivity contribution in [2.45, 2.75) is 57.7 Å². The number of hydrogen-bond donors (Lipinski definition) is 2. The fourth-order valence-corrected chi connectivity index (χ4v) is 2.58.